The molecule has 0 aromatic carbocycles. The Kier molecular flexibility index (Phi) is 8.91. The first-order valence-electron chi connectivity index (χ1n) is 5.73. The van der Waals surface area contributed by atoms with Gasteiger partial charge in [0.1, 0.15) is 12.4 Å². The van der Waals surface area contributed by atoms with E-state index in [-0.39, 0.29) is 75.2 Å². The van der Waals surface area contributed by atoms with Crippen LogP contribution in [0.1, 0.15) is 13.3 Å². The third-order valence-electron chi connectivity index (χ3n) is 2.29. The zero-order valence-corrected chi connectivity index (χ0v) is 15.3. The molecule has 0 spiro atoms. The van der Waals surface area contributed by atoms with Gasteiger partial charge in [0.15, 0.2) is 9.84 Å². The monoisotopic (exact) mass is 335 g/mol. The Labute approximate surface area is 158 Å². The molecule has 0 fully saturated rings. The first kappa shape index (κ1) is 20.4. The Morgan fingerprint density at radius 3 is 2.45 bits per heavy atom. The van der Waals surface area contributed by atoms with Gasteiger partial charge >= 0.3 is 58.4 Å². The molecule has 4 nitrogen and oxygen atoms in total. The number of nitrogens with zero attached hydrogens (tertiary/aromatic N) is 1. The third kappa shape index (κ3) is 7.41. The molecule has 0 aliphatic carbocycles. The number of sulfone groups is 1. The SMILES string of the molecule is CCCS(=O)(=O)CCOc1cncc([B-](F)(F)F)c1.[K+]. The summed E-state index contributed by atoms with van der Waals surface area (Å²) in [6.45, 7) is -3.58. The van der Waals surface area contributed by atoms with Crippen molar-refractivity contribution in [3.63, 3.8) is 0 Å². The molecule has 1 heterocycles. The summed E-state index contributed by atoms with van der Waals surface area (Å²) in [5.41, 5.74) is -0.867. The van der Waals surface area contributed by atoms with Gasteiger partial charge in [0.25, 0.3) is 0 Å². The van der Waals surface area contributed by atoms with Crippen LogP contribution in [0.15, 0.2) is 18.5 Å². The van der Waals surface area contributed by atoms with Crippen molar-refractivity contribution in [1.82, 2.24) is 4.98 Å². The molecule has 0 radical (unpaired) electrons. The van der Waals surface area contributed by atoms with Crippen molar-refractivity contribution < 1.29 is 77.5 Å². The van der Waals surface area contributed by atoms with Crippen molar-refractivity contribution in [1.29, 1.82) is 0 Å². The van der Waals surface area contributed by atoms with Crippen molar-refractivity contribution in [2.75, 3.05) is 18.1 Å². The zero-order valence-electron chi connectivity index (χ0n) is 11.4. The minimum Gasteiger partial charge on any atom is -0.491 e. The van der Waals surface area contributed by atoms with Crippen molar-refractivity contribution in [2.45, 2.75) is 13.3 Å². The van der Waals surface area contributed by atoms with E-state index in [9.17, 15) is 21.4 Å². The van der Waals surface area contributed by atoms with E-state index < -0.39 is 22.3 Å². The fourth-order valence-electron chi connectivity index (χ4n) is 1.39. The molecule has 20 heavy (non-hydrogen) atoms. The van der Waals surface area contributed by atoms with E-state index in [1.54, 1.807) is 6.92 Å². The quantitative estimate of drug-likeness (QED) is 0.560. The van der Waals surface area contributed by atoms with E-state index in [1.165, 1.54) is 0 Å². The van der Waals surface area contributed by atoms with Gasteiger partial charge in [-0.1, -0.05) is 12.4 Å². The molecular formula is C10H14BF3KNO3S. The molecule has 1 rings (SSSR count). The van der Waals surface area contributed by atoms with Crippen LogP contribution in [0.3, 0.4) is 0 Å². The topological polar surface area (TPSA) is 56.3 Å². The van der Waals surface area contributed by atoms with Crippen LogP contribution in [0.2, 0.25) is 0 Å². The average Bonchev–Trinajstić information content (AvgIpc) is 2.28. The molecule has 108 valence electrons. The van der Waals surface area contributed by atoms with Crippen LogP contribution in [0.5, 0.6) is 5.75 Å². The number of rotatable bonds is 7. The number of aromatic nitrogens is 1. The Bertz CT molecular complexity index is 525. The summed E-state index contributed by atoms with van der Waals surface area (Å²) in [7, 11) is -3.20. The van der Waals surface area contributed by atoms with E-state index in [1.807, 2.05) is 0 Å². The maximum Gasteiger partial charge on any atom is 1.00 e. The van der Waals surface area contributed by atoms with E-state index in [0.29, 0.717) is 12.6 Å². The molecule has 0 saturated heterocycles. The zero-order chi connectivity index (χ0) is 14.5. The molecule has 0 saturated carbocycles. The van der Waals surface area contributed by atoms with Crippen LogP contribution >= 0.6 is 0 Å². The Hall–Kier alpha value is 0.391. The molecule has 1 aromatic rings. The molecular weight excluding hydrogens is 321 g/mol. The maximum absolute atomic E-state index is 12.5. The fourth-order valence-corrected chi connectivity index (χ4v) is 2.56. The summed E-state index contributed by atoms with van der Waals surface area (Å²) in [6.07, 6.45) is 2.33. The second-order valence-electron chi connectivity index (χ2n) is 4.03. The van der Waals surface area contributed by atoms with Crippen LogP contribution in [-0.4, -0.2) is 38.5 Å². The smallest absolute Gasteiger partial charge is 0.491 e. The Morgan fingerprint density at radius 1 is 1.25 bits per heavy atom. The predicted octanol–water partition coefficient (Wildman–Crippen LogP) is -1.66. The van der Waals surface area contributed by atoms with Crippen LogP contribution in [-0.2, 0) is 9.84 Å². The number of pyridine rings is 1. The summed E-state index contributed by atoms with van der Waals surface area (Å²) in [5.74, 6) is -0.258. The van der Waals surface area contributed by atoms with Crippen molar-refractivity contribution in [3.05, 3.63) is 18.5 Å². The van der Waals surface area contributed by atoms with Crippen molar-refractivity contribution >= 4 is 22.3 Å². The van der Waals surface area contributed by atoms with Gasteiger partial charge < -0.3 is 17.7 Å². The average molecular weight is 335 g/mol. The Balaban J connectivity index is 0.00000361. The van der Waals surface area contributed by atoms with Crippen molar-refractivity contribution in [2.24, 2.45) is 0 Å². The second kappa shape index (κ2) is 8.74. The van der Waals surface area contributed by atoms with E-state index in [4.69, 9.17) is 4.74 Å². The van der Waals surface area contributed by atoms with Gasteiger partial charge in [0.05, 0.1) is 17.7 Å². The minimum absolute atomic E-state index is 0. The van der Waals surface area contributed by atoms with E-state index >= 15 is 0 Å². The summed E-state index contributed by atoms with van der Waals surface area (Å²) in [4.78, 5) is 3.42. The molecule has 0 unspecified atom stereocenters. The van der Waals surface area contributed by atoms with Gasteiger partial charge in [-0.15, -0.1) is 0 Å². The van der Waals surface area contributed by atoms with Gasteiger partial charge in [-0.2, -0.15) is 0 Å². The van der Waals surface area contributed by atoms with Gasteiger partial charge in [0, 0.05) is 6.20 Å². The number of hydrogen-bond donors (Lipinski definition) is 0. The fraction of sp³-hybridized carbons (Fsp3) is 0.500. The van der Waals surface area contributed by atoms with Crippen LogP contribution in [0.4, 0.5) is 12.9 Å². The molecule has 1 aromatic heterocycles. The first-order valence-corrected chi connectivity index (χ1v) is 7.55. The Morgan fingerprint density at radius 2 is 1.90 bits per heavy atom. The first-order chi connectivity index (χ1) is 8.74. The molecule has 0 amide bonds. The van der Waals surface area contributed by atoms with Gasteiger partial charge in [-0.3, -0.25) is 4.98 Å². The number of ether oxygens (including phenoxy) is 1. The summed E-state index contributed by atoms with van der Waals surface area (Å²) < 4.78 is 65.1. The van der Waals surface area contributed by atoms with E-state index in [2.05, 4.69) is 4.98 Å². The second-order valence-corrected chi connectivity index (χ2v) is 6.33. The predicted molar refractivity (Wildman–Crippen MR) is 67.4 cm³/mol. The molecule has 10 heteroatoms. The molecule has 0 N–H and O–H groups in total. The van der Waals surface area contributed by atoms with E-state index in [0.717, 1.165) is 12.3 Å². The van der Waals surface area contributed by atoms with Gasteiger partial charge in [-0.25, -0.2) is 8.42 Å². The molecule has 0 atom stereocenters. The standard InChI is InChI=1S/C10H14BF3NO3S.K/c1-2-4-19(16,17)5-3-18-10-6-9(7-15-8-10)11(12,13)14;/h6-8H,2-5H2,1H3;/q-1;+1. The molecule has 0 aliphatic rings. The summed E-state index contributed by atoms with van der Waals surface area (Å²) >= 11 is 0. The normalized spacial score (nSPS) is 11.8. The third-order valence-corrected chi connectivity index (χ3v) is 4.11. The summed E-state index contributed by atoms with van der Waals surface area (Å²) in [5, 5.41) is 0. The summed E-state index contributed by atoms with van der Waals surface area (Å²) in [6, 6.07) is 0.819. The molecule has 0 bridgehead atoms. The number of halogens is 3. The van der Waals surface area contributed by atoms with Crippen LogP contribution in [0.25, 0.3) is 0 Å². The van der Waals surface area contributed by atoms with Gasteiger partial charge in [-0.05, 0) is 12.5 Å². The molecule has 0 aliphatic heterocycles. The largest absolute Gasteiger partial charge is 1.00 e. The minimum atomic E-state index is -5.14. The van der Waals surface area contributed by atoms with Gasteiger partial charge in [0.2, 0.25) is 0 Å². The van der Waals surface area contributed by atoms with Crippen LogP contribution < -0.4 is 61.6 Å². The maximum atomic E-state index is 12.5. The number of hydrogen-bond acceptors (Lipinski definition) is 4. The van der Waals surface area contributed by atoms with Crippen molar-refractivity contribution in [3.8, 4) is 5.75 Å². The van der Waals surface area contributed by atoms with Crippen LogP contribution in [0, 0.1) is 0 Å².